The van der Waals surface area contributed by atoms with Crippen LogP contribution in [0.1, 0.15) is 40.0 Å². The van der Waals surface area contributed by atoms with Crippen molar-refractivity contribution >= 4 is 35.8 Å². The number of nitriles is 1. The molecule has 2 fully saturated rings. The van der Waals surface area contributed by atoms with Gasteiger partial charge in [-0.3, -0.25) is 14.4 Å². The number of nitrogens with one attached hydrogen (secondary N) is 1. The Balaban J connectivity index is 0.00000256. The number of carbonyl (C=O) groups is 1. The molecular weight excluding hydrogens is 406 g/mol. The summed E-state index contributed by atoms with van der Waals surface area (Å²) in [5, 5.41) is 26.6. The first-order chi connectivity index (χ1) is 13.8. The fourth-order valence-corrected chi connectivity index (χ4v) is 3.96. The van der Waals surface area contributed by atoms with Crippen LogP contribution in [0, 0.1) is 22.7 Å². The Labute approximate surface area is 181 Å². The minimum Gasteiger partial charge on any atom is -0.394 e. The van der Waals surface area contributed by atoms with Crippen LogP contribution >= 0.6 is 12.4 Å². The lowest BCUT2D eigenvalue weighted by Gasteiger charge is -2.22. The number of aromatic nitrogens is 4. The summed E-state index contributed by atoms with van der Waals surface area (Å²) in [5.74, 6) is 0.829. The van der Waals surface area contributed by atoms with Gasteiger partial charge in [0.1, 0.15) is 11.2 Å². The number of carbonyl (C=O) groups excluding carboxylic acids is 1. The Morgan fingerprint density at radius 3 is 2.80 bits per heavy atom. The molecule has 1 amide bonds. The number of aliphatic hydroxyl groups excluding tert-OH is 1. The number of hydrogen-bond donors (Lipinski definition) is 2. The third-order valence-corrected chi connectivity index (χ3v) is 5.87. The van der Waals surface area contributed by atoms with Gasteiger partial charge in [0, 0.05) is 18.4 Å². The molecule has 0 spiro atoms. The molecule has 1 saturated heterocycles. The molecule has 3 heterocycles. The maximum atomic E-state index is 13.2. The van der Waals surface area contributed by atoms with Crippen LogP contribution in [0.25, 0.3) is 0 Å². The second kappa shape index (κ2) is 7.85. The molecule has 160 valence electrons. The Morgan fingerprint density at radius 1 is 1.43 bits per heavy atom. The average Bonchev–Trinajstić information content (AvgIpc) is 3.39. The van der Waals surface area contributed by atoms with Gasteiger partial charge in [-0.1, -0.05) is 0 Å². The first-order valence-electron chi connectivity index (χ1n) is 9.82. The quantitative estimate of drug-likeness (QED) is 0.721. The molecule has 2 aromatic heterocycles. The molecule has 0 bridgehead atoms. The van der Waals surface area contributed by atoms with Gasteiger partial charge in [-0.2, -0.15) is 15.3 Å². The van der Waals surface area contributed by atoms with Crippen LogP contribution in [0.4, 0.5) is 17.5 Å². The van der Waals surface area contributed by atoms with Crippen LogP contribution in [0.15, 0.2) is 24.7 Å². The van der Waals surface area contributed by atoms with Crippen LogP contribution in [0.3, 0.4) is 0 Å². The number of nitrogens with zero attached hydrogens (tertiary/aromatic N) is 6. The standard InChI is InChI=1S/C20H25N7O2.ClH/c1-13-8-20(11-21,14-4-5-14)17(29)27(13)16-6-7-22-18(25-16)24-15-9-23-26(10-15)19(2,3)12-28;/h6-7,9-10,13-14,28H,4-5,8,12H2,1-3H3,(H,22,24,25);1H/t13-,20-;/m1./s1. The van der Waals surface area contributed by atoms with Crippen LogP contribution in [0.5, 0.6) is 0 Å². The van der Waals surface area contributed by atoms with Crippen LogP contribution in [-0.2, 0) is 10.3 Å². The molecule has 4 rings (SSSR count). The van der Waals surface area contributed by atoms with E-state index in [-0.39, 0.29) is 36.9 Å². The Morgan fingerprint density at radius 2 is 2.17 bits per heavy atom. The SMILES string of the molecule is C[C@@H]1C[C@@](C#N)(C2CC2)C(=O)N1c1ccnc(Nc2cnn(C(C)(C)CO)c2)n1.Cl. The lowest BCUT2D eigenvalue weighted by molar-refractivity contribution is -0.123. The predicted octanol–water partition coefficient (Wildman–Crippen LogP) is 2.61. The molecule has 2 aliphatic rings. The summed E-state index contributed by atoms with van der Waals surface area (Å²) in [6.07, 6.45) is 7.39. The second-order valence-corrected chi connectivity index (χ2v) is 8.59. The smallest absolute Gasteiger partial charge is 0.249 e. The molecule has 2 aromatic rings. The number of rotatable bonds is 6. The lowest BCUT2D eigenvalue weighted by Crippen LogP contribution is -2.37. The highest BCUT2D eigenvalue weighted by Gasteiger charge is 2.59. The molecule has 0 radical (unpaired) electrons. The summed E-state index contributed by atoms with van der Waals surface area (Å²) in [6, 6.07) is 3.91. The first-order valence-corrected chi connectivity index (χ1v) is 9.82. The largest absolute Gasteiger partial charge is 0.394 e. The molecule has 30 heavy (non-hydrogen) atoms. The van der Waals surface area contributed by atoms with Crippen molar-refractivity contribution in [1.29, 1.82) is 5.26 Å². The van der Waals surface area contributed by atoms with Crippen molar-refractivity contribution in [2.45, 2.75) is 51.6 Å². The van der Waals surface area contributed by atoms with E-state index in [9.17, 15) is 15.2 Å². The molecule has 1 saturated carbocycles. The van der Waals surface area contributed by atoms with Gasteiger partial charge in [0.2, 0.25) is 11.9 Å². The van der Waals surface area contributed by atoms with E-state index in [1.165, 1.54) is 0 Å². The van der Waals surface area contributed by atoms with E-state index >= 15 is 0 Å². The maximum Gasteiger partial charge on any atom is 0.249 e. The molecular formula is C20H26ClN7O2. The topological polar surface area (TPSA) is 120 Å². The van der Waals surface area contributed by atoms with E-state index in [1.807, 2.05) is 20.8 Å². The highest BCUT2D eigenvalue weighted by Crippen LogP contribution is 2.53. The lowest BCUT2D eigenvalue weighted by atomic mass is 9.81. The van der Waals surface area contributed by atoms with Crippen molar-refractivity contribution in [2.75, 3.05) is 16.8 Å². The number of amides is 1. The van der Waals surface area contributed by atoms with Gasteiger partial charge in [0.05, 0.1) is 30.1 Å². The van der Waals surface area contributed by atoms with Crippen LogP contribution in [0.2, 0.25) is 0 Å². The number of anilines is 3. The highest BCUT2D eigenvalue weighted by molar-refractivity contribution is 6.02. The van der Waals surface area contributed by atoms with Gasteiger partial charge < -0.3 is 10.4 Å². The zero-order valence-electron chi connectivity index (χ0n) is 17.2. The molecule has 1 aliphatic carbocycles. The van der Waals surface area contributed by atoms with Crippen molar-refractivity contribution in [3.8, 4) is 6.07 Å². The third-order valence-electron chi connectivity index (χ3n) is 5.87. The van der Waals surface area contributed by atoms with E-state index < -0.39 is 11.0 Å². The van der Waals surface area contributed by atoms with E-state index in [1.54, 1.807) is 34.2 Å². The minimum atomic E-state index is -0.922. The third kappa shape index (κ3) is 3.61. The van der Waals surface area contributed by atoms with Crippen LogP contribution in [-0.4, -0.2) is 43.4 Å². The predicted molar refractivity (Wildman–Crippen MR) is 114 cm³/mol. The number of halogens is 1. The summed E-state index contributed by atoms with van der Waals surface area (Å²) < 4.78 is 1.67. The van der Waals surface area contributed by atoms with Gasteiger partial charge in [0.25, 0.3) is 0 Å². The molecule has 0 aromatic carbocycles. The highest BCUT2D eigenvalue weighted by atomic mass is 35.5. The Bertz CT molecular complexity index is 982. The van der Waals surface area contributed by atoms with Crippen molar-refractivity contribution in [1.82, 2.24) is 19.7 Å². The van der Waals surface area contributed by atoms with E-state index in [4.69, 9.17) is 0 Å². The van der Waals surface area contributed by atoms with Crippen molar-refractivity contribution in [3.63, 3.8) is 0 Å². The molecule has 2 N–H and O–H groups in total. The molecule has 0 unspecified atom stereocenters. The monoisotopic (exact) mass is 431 g/mol. The molecule has 10 heteroatoms. The molecule has 1 aliphatic heterocycles. The second-order valence-electron chi connectivity index (χ2n) is 8.59. The molecule has 2 atom stereocenters. The van der Waals surface area contributed by atoms with Crippen molar-refractivity contribution in [3.05, 3.63) is 24.7 Å². The van der Waals surface area contributed by atoms with E-state index in [0.29, 0.717) is 23.9 Å². The summed E-state index contributed by atoms with van der Waals surface area (Å²) in [4.78, 5) is 23.5. The fourth-order valence-electron chi connectivity index (χ4n) is 3.96. The van der Waals surface area contributed by atoms with Gasteiger partial charge >= 0.3 is 0 Å². The minimum absolute atomic E-state index is 0. The number of aliphatic hydroxyl groups is 1. The average molecular weight is 432 g/mol. The summed E-state index contributed by atoms with van der Waals surface area (Å²) in [7, 11) is 0. The molecule has 9 nitrogen and oxygen atoms in total. The Hall–Kier alpha value is -2.70. The Kier molecular flexibility index (Phi) is 5.76. The van der Waals surface area contributed by atoms with Crippen LogP contribution < -0.4 is 10.2 Å². The van der Waals surface area contributed by atoms with Gasteiger partial charge in [-0.15, -0.1) is 12.4 Å². The van der Waals surface area contributed by atoms with E-state index in [2.05, 4.69) is 26.5 Å². The summed E-state index contributed by atoms with van der Waals surface area (Å²) in [6.45, 7) is 5.66. The van der Waals surface area contributed by atoms with Crippen molar-refractivity contribution in [2.24, 2.45) is 11.3 Å². The fraction of sp³-hybridized carbons (Fsp3) is 0.550. The zero-order chi connectivity index (χ0) is 20.8. The van der Waals surface area contributed by atoms with Gasteiger partial charge in [-0.05, 0) is 52.0 Å². The zero-order valence-corrected chi connectivity index (χ0v) is 18.1. The summed E-state index contributed by atoms with van der Waals surface area (Å²) >= 11 is 0. The maximum absolute atomic E-state index is 13.2. The van der Waals surface area contributed by atoms with E-state index in [0.717, 1.165) is 12.8 Å². The van der Waals surface area contributed by atoms with Crippen molar-refractivity contribution < 1.29 is 9.90 Å². The van der Waals surface area contributed by atoms with Gasteiger partial charge in [0.15, 0.2) is 0 Å². The van der Waals surface area contributed by atoms with Gasteiger partial charge in [-0.25, -0.2) is 4.98 Å². The first kappa shape index (κ1) is 22.0. The summed E-state index contributed by atoms with van der Waals surface area (Å²) in [5.41, 5.74) is -0.771. The number of hydrogen-bond acceptors (Lipinski definition) is 7. The normalized spacial score (nSPS) is 23.8.